The number of nitrogens with zero attached hydrogens (tertiary/aromatic N) is 1. The van der Waals surface area contributed by atoms with Crippen LogP contribution in [-0.4, -0.2) is 52.0 Å². The van der Waals surface area contributed by atoms with Crippen LogP contribution in [0.15, 0.2) is 21.7 Å². The van der Waals surface area contributed by atoms with E-state index >= 15 is 0 Å². The first-order chi connectivity index (χ1) is 10.6. The molecule has 0 bridgehead atoms. The van der Waals surface area contributed by atoms with Gasteiger partial charge in [-0.1, -0.05) is 6.07 Å². The maximum atomic E-state index is 12.5. The molecule has 0 aromatic carbocycles. The minimum absolute atomic E-state index is 0.0674. The molecule has 22 heavy (non-hydrogen) atoms. The van der Waals surface area contributed by atoms with Crippen LogP contribution in [0.4, 0.5) is 0 Å². The summed E-state index contributed by atoms with van der Waals surface area (Å²) in [5, 5.41) is 4.60. The van der Waals surface area contributed by atoms with E-state index in [1.165, 1.54) is 15.6 Å². The van der Waals surface area contributed by atoms with Gasteiger partial charge in [-0.2, -0.15) is 4.31 Å². The van der Waals surface area contributed by atoms with Gasteiger partial charge in [0.05, 0.1) is 5.92 Å². The number of hydrogen-bond donors (Lipinski definition) is 1. The number of hydrogen-bond acceptors (Lipinski definition) is 5. The highest BCUT2D eigenvalue weighted by Crippen LogP contribution is 2.26. The second kappa shape index (κ2) is 8.05. The van der Waals surface area contributed by atoms with Crippen LogP contribution >= 0.6 is 11.3 Å². The molecular formula is C14H22N2O4S2. The highest BCUT2D eigenvalue weighted by atomic mass is 32.2. The monoisotopic (exact) mass is 346 g/mol. The van der Waals surface area contributed by atoms with Crippen molar-refractivity contribution in [1.82, 2.24) is 9.62 Å². The van der Waals surface area contributed by atoms with Crippen molar-refractivity contribution in [2.75, 3.05) is 33.4 Å². The summed E-state index contributed by atoms with van der Waals surface area (Å²) in [5.41, 5.74) is 0. The lowest BCUT2D eigenvalue weighted by atomic mass is 9.99. The molecular weight excluding hydrogens is 324 g/mol. The largest absolute Gasteiger partial charge is 0.385 e. The predicted octanol–water partition coefficient (Wildman–Crippen LogP) is 1.30. The maximum absolute atomic E-state index is 12.5. The van der Waals surface area contributed by atoms with E-state index in [-0.39, 0.29) is 18.4 Å². The normalized spacial score (nSPS) is 20.0. The minimum atomic E-state index is -3.46. The SMILES string of the molecule is COCCCNC(=O)[C@@H]1CCCN(S(=O)(=O)c2cccs2)C1. The number of sulfonamides is 1. The van der Waals surface area contributed by atoms with Gasteiger partial charge in [0.1, 0.15) is 4.21 Å². The van der Waals surface area contributed by atoms with Crippen LogP contribution in [0.5, 0.6) is 0 Å². The summed E-state index contributed by atoms with van der Waals surface area (Å²) in [7, 11) is -1.84. The van der Waals surface area contributed by atoms with Crippen LogP contribution < -0.4 is 5.32 Å². The van der Waals surface area contributed by atoms with E-state index in [2.05, 4.69) is 5.32 Å². The molecule has 1 N–H and O–H groups in total. The zero-order valence-corrected chi connectivity index (χ0v) is 14.3. The maximum Gasteiger partial charge on any atom is 0.252 e. The summed E-state index contributed by atoms with van der Waals surface area (Å²) in [5.74, 6) is -0.340. The van der Waals surface area contributed by atoms with E-state index in [1.807, 2.05) is 0 Å². The lowest BCUT2D eigenvalue weighted by Gasteiger charge is -2.30. The molecule has 1 saturated heterocycles. The minimum Gasteiger partial charge on any atom is -0.385 e. The second-order valence-electron chi connectivity index (χ2n) is 5.27. The Kier molecular flexibility index (Phi) is 6.37. The molecule has 1 aliphatic rings. The Bertz CT molecular complexity index is 572. The topological polar surface area (TPSA) is 75.7 Å². The van der Waals surface area contributed by atoms with Crippen LogP contribution in [-0.2, 0) is 19.6 Å². The average molecular weight is 346 g/mol. The fourth-order valence-corrected chi connectivity index (χ4v) is 5.15. The third-order valence-electron chi connectivity index (χ3n) is 3.67. The fourth-order valence-electron chi connectivity index (χ4n) is 2.48. The number of piperidine rings is 1. The number of nitrogens with one attached hydrogen (secondary N) is 1. The quantitative estimate of drug-likeness (QED) is 0.755. The molecule has 1 aliphatic heterocycles. The van der Waals surface area contributed by atoms with Crippen molar-refractivity contribution in [2.24, 2.45) is 5.92 Å². The summed E-state index contributed by atoms with van der Waals surface area (Å²) < 4.78 is 31.7. The summed E-state index contributed by atoms with van der Waals surface area (Å²) >= 11 is 1.21. The smallest absolute Gasteiger partial charge is 0.252 e. The van der Waals surface area contributed by atoms with Gasteiger partial charge >= 0.3 is 0 Å². The van der Waals surface area contributed by atoms with Gasteiger partial charge in [-0.05, 0) is 30.7 Å². The summed E-state index contributed by atoms with van der Waals surface area (Å²) in [6, 6.07) is 3.33. The summed E-state index contributed by atoms with van der Waals surface area (Å²) in [6.07, 6.45) is 2.19. The van der Waals surface area contributed by atoms with Crippen LogP contribution in [0.25, 0.3) is 0 Å². The predicted molar refractivity (Wildman–Crippen MR) is 85.3 cm³/mol. The van der Waals surface area contributed by atoms with Crippen LogP contribution in [0.1, 0.15) is 19.3 Å². The number of methoxy groups -OCH3 is 1. The van der Waals surface area contributed by atoms with Gasteiger partial charge in [0.15, 0.2) is 0 Å². The number of thiophene rings is 1. The van der Waals surface area contributed by atoms with E-state index in [0.717, 1.165) is 12.8 Å². The number of carbonyl (C=O) groups is 1. The molecule has 0 radical (unpaired) electrons. The lowest BCUT2D eigenvalue weighted by Crippen LogP contribution is -2.45. The molecule has 2 rings (SSSR count). The van der Waals surface area contributed by atoms with E-state index in [0.29, 0.717) is 30.3 Å². The van der Waals surface area contributed by atoms with E-state index in [9.17, 15) is 13.2 Å². The second-order valence-corrected chi connectivity index (χ2v) is 8.38. The molecule has 0 saturated carbocycles. The van der Waals surface area contributed by atoms with Gasteiger partial charge in [-0.25, -0.2) is 8.42 Å². The Hall–Kier alpha value is -0.960. The highest BCUT2D eigenvalue weighted by Gasteiger charge is 2.33. The van der Waals surface area contributed by atoms with Gasteiger partial charge in [-0.15, -0.1) is 11.3 Å². The van der Waals surface area contributed by atoms with Crippen molar-refractivity contribution < 1.29 is 17.9 Å². The lowest BCUT2D eigenvalue weighted by molar-refractivity contribution is -0.126. The van der Waals surface area contributed by atoms with E-state index in [1.54, 1.807) is 24.6 Å². The van der Waals surface area contributed by atoms with Gasteiger partial charge in [0.2, 0.25) is 5.91 Å². The molecule has 124 valence electrons. The zero-order valence-electron chi connectivity index (χ0n) is 12.7. The molecule has 0 aliphatic carbocycles. The molecule has 2 heterocycles. The molecule has 6 nitrogen and oxygen atoms in total. The van der Waals surface area contributed by atoms with Gasteiger partial charge in [0, 0.05) is 33.4 Å². The van der Waals surface area contributed by atoms with Crippen LogP contribution in [0.3, 0.4) is 0 Å². The Morgan fingerprint density at radius 3 is 3.05 bits per heavy atom. The Balaban J connectivity index is 1.93. The number of carbonyl (C=O) groups excluding carboxylic acids is 1. The Labute approximate surface area is 135 Å². The van der Waals surface area contributed by atoms with Gasteiger partial charge < -0.3 is 10.1 Å². The zero-order chi connectivity index (χ0) is 16.0. The van der Waals surface area contributed by atoms with Crippen molar-refractivity contribution in [3.63, 3.8) is 0 Å². The Morgan fingerprint density at radius 2 is 2.36 bits per heavy atom. The molecule has 8 heteroatoms. The fraction of sp³-hybridized carbons (Fsp3) is 0.643. The molecule has 1 aromatic heterocycles. The first-order valence-electron chi connectivity index (χ1n) is 7.36. The third-order valence-corrected chi connectivity index (χ3v) is 6.91. The van der Waals surface area contributed by atoms with Gasteiger partial charge in [-0.3, -0.25) is 4.79 Å². The molecule has 1 fully saturated rings. The van der Waals surface area contributed by atoms with Crippen LogP contribution in [0.2, 0.25) is 0 Å². The van der Waals surface area contributed by atoms with Gasteiger partial charge in [0.25, 0.3) is 10.0 Å². The molecule has 1 amide bonds. The summed E-state index contributed by atoms with van der Waals surface area (Å²) in [6.45, 7) is 1.90. The van der Waals surface area contributed by atoms with Crippen molar-refractivity contribution in [1.29, 1.82) is 0 Å². The highest BCUT2D eigenvalue weighted by molar-refractivity contribution is 7.91. The van der Waals surface area contributed by atoms with E-state index in [4.69, 9.17) is 4.74 Å². The number of ether oxygens (including phenoxy) is 1. The molecule has 0 spiro atoms. The first-order valence-corrected chi connectivity index (χ1v) is 9.68. The van der Waals surface area contributed by atoms with Crippen molar-refractivity contribution >= 4 is 27.3 Å². The molecule has 0 unspecified atom stereocenters. The third kappa shape index (κ3) is 4.28. The molecule has 1 atom stereocenters. The van der Waals surface area contributed by atoms with Crippen molar-refractivity contribution in [2.45, 2.75) is 23.5 Å². The molecule has 1 aromatic rings. The average Bonchev–Trinajstić information content (AvgIpc) is 3.06. The van der Waals surface area contributed by atoms with Crippen molar-refractivity contribution in [3.05, 3.63) is 17.5 Å². The standard InChI is InChI=1S/C14H22N2O4S2/c1-20-9-4-7-15-14(17)12-5-2-8-16(11-12)22(18,19)13-6-3-10-21-13/h3,6,10,12H,2,4-5,7-9,11H2,1H3,(H,15,17)/t12-/m1/s1. The number of rotatable bonds is 7. The first kappa shape index (κ1) is 17.4. The van der Waals surface area contributed by atoms with Crippen LogP contribution in [0, 0.1) is 5.92 Å². The Morgan fingerprint density at radius 1 is 1.55 bits per heavy atom. The number of amides is 1. The summed E-state index contributed by atoms with van der Waals surface area (Å²) in [4.78, 5) is 12.1. The van der Waals surface area contributed by atoms with Crippen molar-refractivity contribution in [3.8, 4) is 0 Å². The van der Waals surface area contributed by atoms with E-state index < -0.39 is 10.0 Å².